The van der Waals surface area contributed by atoms with E-state index in [1.807, 2.05) is 42.0 Å². The Kier molecular flexibility index (Phi) is 6.65. The molecule has 0 aliphatic carbocycles. The fourth-order valence-electron chi connectivity index (χ4n) is 4.33. The molecule has 158 valence electrons. The first kappa shape index (κ1) is 20.8. The van der Waals surface area contributed by atoms with E-state index in [-0.39, 0.29) is 24.3 Å². The van der Waals surface area contributed by atoms with E-state index in [1.54, 1.807) is 11.3 Å². The highest BCUT2D eigenvalue weighted by molar-refractivity contribution is 7.09. The van der Waals surface area contributed by atoms with Crippen molar-refractivity contribution < 1.29 is 9.59 Å². The standard InChI is InChI=1S/C24H29N3O2S/c1-2-7-23(28)21-16-27(22-11-4-3-10-20(21)22)17-24(29)25-18-8-5-12-26(14-18)15-19-9-6-13-30-19/h3-4,6,9-11,13,16,18H,2,5,7-8,12,14-15,17H2,1H3,(H,25,29). The number of amides is 1. The van der Waals surface area contributed by atoms with Crippen molar-refractivity contribution >= 4 is 33.9 Å². The molecule has 2 aromatic heterocycles. The van der Waals surface area contributed by atoms with Crippen molar-refractivity contribution in [2.45, 2.75) is 51.7 Å². The van der Waals surface area contributed by atoms with Gasteiger partial charge < -0.3 is 9.88 Å². The highest BCUT2D eigenvalue weighted by Crippen LogP contribution is 2.23. The van der Waals surface area contributed by atoms with Gasteiger partial charge in [-0.15, -0.1) is 11.3 Å². The lowest BCUT2D eigenvalue weighted by atomic mass is 10.1. The molecular weight excluding hydrogens is 394 g/mol. The van der Waals surface area contributed by atoms with Crippen LogP contribution in [-0.4, -0.2) is 40.3 Å². The lowest BCUT2D eigenvalue weighted by molar-refractivity contribution is -0.122. The molecule has 1 saturated heterocycles. The summed E-state index contributed by atoms with van der Waals surface area (Å²) >= 11 is 1.78. The first-order valence-corrected chi connectivity index (χ1v) is 11.7. The van der Waals surface area contributed by atoms with E-state index in [9.17, 15) is 9.59 Å². The maximum absolute atomic E-state index is 12.8. The zero-order valence-corrected chi connectivity index (χ0v) is 18.3. The molecule has 6 heteroatoms. The van der Waals surface area contributed by atoms with Crippen LogP contribution in [0.1, 0.15) is 47.8 Å². The first-order valence-electron chi connectivity index (χ1n) is 10.8. The van der Waals surface area contributed by atoms with Crippen molar-refractivity contribution in [2.75, 3.05) is 13.1 Å². The first-order chi connectivity index (χ1) is 14.6. The molecule has 1 unspecified atom stereocenters. The number of ketones is 1. The van der Waals surface area contributed by atoms with Gasteiger partial charge in [-0.3, -0.25) is 14.5 Å². The fourth-order valence-corrected chi connectivity index (χ4v) is 5.08. The van der Waals surface area contributed by atoms with Gasteiger partial charge in [-0.25, -0.2) is 0 Å². The number of fused-ring (bicyclic) bond motifs is 1. The number of nitrogens with one attached hydrogen (secondary N) is 1. The normalized spacial score (nSPS) is 17.3. The van der Waals surface area contributed by atoms with Gasteiger partial charge in [0, 0.05) is 53.1 Å². The number of carbonyl (C=O) groups is 2. The lowest BCUT2D eigenvalue weighted by Gasteiger charge is -2.32. The van der Waals surface area contributed by atoms with Crippen molar-refractivity contribution in [3.63, 3.8) is 0 Å². The number of aromatic nitrogens is 1. The summed E-state index contributed by atoms with van der Waals surface area (Å²) in [6.07, 6.45) is 5.31. The topological polar surface area (TPSA) is 54.3 Å². The van der Waals surface area contributed by atoms with E-state index in [4.69, 9.17) is 0 Å². The van der Waals surface area contributed by atoms with Crippen molar-refractivity contribution in [1.82, 2.24) is 14.8 Å². The Hall–Kier alpha value is -2.44. The molecule has 5 nitrogen and oxygen atoms in total. The second-order valence-electron chi connectivity index (χ2n) is 8.08. The second-order valence-corrected chi connectivity index (χ2v) is 9.11. The number of hydrogen-bond acceptors (Lipinski definition) is 4. The van der Waals surface area contributed by atoms with Crippen molar-refractivity contribution in [3.05, 3.63) is 58.4 Å². The van der Waals surface area contributed by atoms with Crippen molar-refractivity contribution in [1.29, 1.82) is 0 Å². The Balaban J connectivity index is 1.41. The number of thiophene rings is 1. The monoisotopic (exact) mass is 423 g/mol. The van der Waals surface area contributed by atoms with Gasteiger partial charge in [-0.1, -0.05) is 31.2 Å². The average molecular weight is 424 g/mol. The van der Waals surface area contributed by atoms with Crippen molar-refractivity contribution in [2.24, 2.45) is 0 Å². The molecule has 1 aromatic carbocycles. The highest BCUT2D eigenvalue weighted by atomic mass is 32.1. The summed E-state index contributed by atoms with van der Waals surface area (Å²) in [4.78, 5) is 29.1. The van der Waals surface area contributed by atoms with E-state index >= 15 is 0 Å². The molecule has 1 aliphatic rings. The number of para-hydroxylation sites is 1. The number of nitrogens with zero attached hydrogens (tertiary/aromatic N) is 2. The number of carbonyl (C=O) groups excluding carboxylic acids is 2. The third kappa shape index (κ3) is 4.82. The number of rotatable bonds is 8. The van der Waals surface area contributed by atoms with Crippen LogP contribution in [-0.2, 0) is 17.9 Å². The van der Waals surface area contributed by atoms with Crippen LogP contribution in [0.15, 0.2) is 48.0 Å². The van der Waals surface area contributed by atoms with Crippen LogP contribution in [0.2, 0.25) is 0 Å². The summed E-state index contributed by atoms with van der Waals surface area (Å²) in [5, 5.41) is 6.27. The van der Waals surface area contributed by atoms with Crippen LogP contribution < -0.4 is 5.32 Å². The average Bonchev–Trinajstić information content (AvgIpc) is 3.37. The molecule has 3 heterocycles. The van der Waals surface area contributed by atoms with E-state index in [0.717, 1.165) is 55.4 Å². The van der Waals surface area contributed by atoms with E-state index in [0.29, 0.717) is 6.42 Å². The van der Waals surface area contributed by atoms with Crippen molar-refractivity contribution in [3.8, 4) is 0 Å². The Labute approximate surface area is 181 Å². The Morgan fingerprint density at radius 3 is 2.87 bits per heavy atom. The number of benzene rings is 1. The number of piperidine rings is 1. The quantitative estimate of drug-likeness (QED) is 0.544. The summed E-state index contributed by atoms with van der Waals surface area (Å²) in [7, 11) is 0. The summed E-state index contributed by atoms with van der Waals surface area (Å²) in [6, 6.07) is 12.3. The SMILES string of the molecule is CCCC(=O)c1cn(CC(=O)NC2CCCN(Cc3cccs3)C2)c2ccccc12. The number of Topliss-reactive ketones (excluding diaryl/α,β-unsaturated/α-hetero) is 1. The summed E-state index contributed by atoms with van der Waals surface area (Å²) in [5.41, 5.74) is 1.66. The van der Waals surface area contributed by atoms with Crippen LogP contribution in [0.5, 0.6) is 0 Å². The Morgan fingerprint density at radius 1 is 1.20 bits per heavy atom. The third-order valence-electron chi connectivity index (χ3n) is 5.71. The van der Waals surface area contributed by atoms with Crippen LogP contribution in [0.4, 0.5) is 0 Å². The molecule has 1 fully saturated rings. The Morgan fingerprint density at radius 2 is 2.07 bits per heavy atom. The molecule has 1 aliphatic heterocycles. The minimum Gasteiger partial charge on any atom is -0.351 e. The van der Waals surface area contributed by atoms with Crippen LogP contribution in [0, 0.1) is 0 Å². The van der Waals surface area contributed by atoms with E-state index in [2.05, 4.69) is 27.7 Å². The largest absolute Gasteiger partial charge is 0.351 e. The van der Waals surface area contributed by atoms with Gasteiger partial charge >= 0.3 is 0 Å². The summed E-state index contributed by atoms with van der Waals surface area (Å²) < 4.78 is 1.92. The van der Waals surface area contributed by atoms with Crippen LogP contribution in [0.3, 0.4) is 0 Å². The van der Waals surface area contributed by atoms with Gasteiger partial charge in [-0.05, 0) is 43.3 Å². The molecule has 1 N–H and O–H groups in total. The zero-order valence-electron chi connectivity index (χ0n) is 17.5. The van der Waals surface area contributed by atoms with Gasteiger partial charge in [0.05, 0.1) is 0 Å². The maximum atomic E-state index is 12.8. The molecule has 1 atom stereocenters. The van der Waals surface area contributed by atoms with E-state index < -0.39 is 0 Å². The molecule has 3 aromatic rings. The summed E-state index contributed by atoms with van der Waals surface area (Å²) in [6.45, 7) is 5.17. The molecule has 0 saturated carbocycles. The third-order valence-corrected chi connectivity index (χ3v) is 6.57. The highest BCUT2D eigenvalue weighted by Gasteiger charge is 2.22. The number of hydrogen-bond donors (Lipinski definition) is 1. The lowest BCUT2D eigenvalue weighted by Crippen LogP contribution is -2.48. The molecule has 4 rings (SSSR count). The van der Waals surface area contributed by atoms with Gasteiger partial charge in [0.2, 0.25) is 5.91 Å². The van der Waals surface area contributed by atoms with Crippen LogP contribution >= 0.6 is 11.3 Å². The molecular formula is C24H29N3O2S. The van der Waals surface area contributed by atoms with Gasteiger partial charge in [0.25, 0.3) is 0 Å². The minimum atomic E-state index is 0.00761. The van der Waals surface area contributed by atoms with Gasteiger partial charge in [0.15, 0.2) is 5.78 Å². The molecule has 30 heavy (non-hydrogen) atoms. The molecule has 0 bridgehead atoms. The zero-order chi connectivity index (χ0) is 20.9. The molecule has 1 amide bonds. The van der Waals surface area contributed by atoms with Gasteiger partial charge in [-0.2, -0.15) is 0 Å². The van der Waals surface area contributed by atoms with Crippen LogP contribution in [0.25, 0.3) is 10.9 Å². The minimum absolute atomic E-state index is 0.00761. The summed E-state index contributed by atoms with van der Waals surface area (Å²) in [5.74, 6) is 0.151. The number of likely N-dealkylation sites (tertiary alicyclic amines) is 1. The molecule has 0 radical (unpaired) electrons. The maximum Gasteiger partial charge on any atom is 0.240 e. The fraction of sp³-hybridized carbons (Fsp3) is 0.417. The van der Waals surface area contributed by atoms with Gasteiger partial charge in [0.1, 0.15) is 6.54 Å². The predicted molar refractivity (Wildman–Crippen MR) is 122 cm³/mol. The smallest absolute Gasteiger partial charge is 0.240 e. The Bertz CT molecular complexity index is 1010. The van der Waals surface area contributed by atoms with E-state index in [1.165, 1.54) is 4.88 Å². The predicted octanol–water partition coefficient (Wildman–Crippen LogP) is 4.47. The second kappa shape index (κ2) is 9.58. The molecule has 0 spiro atoms.